The Kier molecular flexibility index (Phi) is 5.56. The Morgan fingerprint density at radius 3 is 2.40 bits per heavy atom. The molecule has 0 aromatic heterocycles. The summed E-state index contributed by atoms with van der Waals surface area (Å²) in [4.78, 5) is 13.2. The van der Waals surface area contributed by atoms with E-state index in [1.165, 1.54) is 18.4 Å². The summed E-state index contributed by atoms with van der Waals surface area (Å²) in [6.07, 6.45) is 2.53. The van der Waals surface area contributed by atoms with Gasteiger partial charge in [0.05, 0.1) is 6.42 Å². The Labute approximate surface area is 120 Å². The van der Waals surface area contributed by atoms with Crippen molar-refractivity contribution in [2.45, 2.75) is 38.8 Å². The largest absolute Gasteiger partial charge is 0.481 e. The number of benzene rings is 1. The molecule has 0 unspecified atom stereocenters. The van der Waals surface area contributed by atoms with Crippen molar-refractivity contribution >= 4 is 5.97 Å². The lowest BCUT2D eigenvalue weighted by Crippen LogP contribution is -2.42. The average molecular weight is 276 g/mol. The zero-order chi connectivity index (χ0) is 14.4. The second kappa shape index (κ2) is 7.41. The summed E-state index contributed by atoms with van der Waals surface area (Å²) < 4.78 is 0. The van der Waals surface area contributed by atoms with E-state index in [1.54, 1.807) is 0 Å². The minimum atomic E-state index is -0.775. The van der Waals surface area contributed by atoms with E-state index in [0.717, 1.165) is 31.7 Å². The quantitative estimate of drug-likeness (QED) is 0.833. The van der Waals surface area contributed by atoms with Gasteiger partial charge in [-0.05, 0) is 43.6 Å². The maximum absolute atomic E-state index is 10.7. The molecule has 0 saturated carbocycles. The first kappa shape index (κ1) is 15.0. The maximum Gasteiger partial charge on any atom is 0.307 e. The number of carboxylic acid groups (broad SMARTS) is 1. The molecule has 0 aliphatic carbocycles. The molecule has 4 heteroatoms. The van der Waals surface area contributed by atoms with Gasteiger partial charge in [0.2, 0.25) is 0 Å². The Morgan fingerprint density at radius 1 is 1.25 bits per heavy atom. The third kappa shape index (κ3) is 4.32. The first-order valence-electron chi connectivity index (χ1n) is 7.43. The second-order valence-corrected chi connectivity index (χ2v) is 5.43. The first-order chi connectivity index (χ1) is 9.69. The molecule has 20 heavy (non-hydrogen) atoms. The Bertz CT molecular complexity index is 425. The number of piperidine rings is 1. The molecule has 1 aliphatic heterocycles. The van der Waals surface area contributed by atoms with E-state index in [9.17, 15) is 4.79 Å². The average Bonchev–Trinajstić information content (AvgIpc) is 2.47. The van der Waals surface area contributed by atoms with Crippen molar-refractivity contribution in [3.05, 3.63) is 35.4 Å². The number of carboxylic acids is 1. The van der Waals surface area contributed by atoms with Gasteiger partial charge in [0.15, 0.2) is 0 Å². The van der Waals surface area contributed by atoms with E-state index in [-0.39, 0.29) is 6.42 Å². The van der Waals surface area contributed by atoms with Gasteiger partial charge in [-0.2, -0.15) is 0 Å². The molecule has 1 aliphatic rings. The molecular weight excluding hydrogens is 252 g/mol. The van der Waals surface area contributed by atoms with Crippen LogP contribution in [0.4, 0.5) is 0 Å². The summed E-state index contributed by atoms with van der Waals surface area (Å²) in [6.45, 7) is 6.44. The van der Waals surface area contributed by atoms with Gasteiger partial charge in [0, 0.05) is 12.6 Å². The first-order valence-corrected chi connectivity index (χ1v) is 7.43. The fraction of sp³-hybridized carbons (Fsp3) is 0.562. The molecule has 1 fully saturated rings. The smallest absolute Gasteiger partial charge is 0.307 e. The minimum absolute atomic E-state index is 0.103. The zero-order valence-electron chi connectivity index (χ0n) is 12.1. The molecule has 2 rings (SSSR count). The number of carbonyl (C=O) groups is 1. The summed E-state index contributed by atoms with van der Waals surface area (Å²) in [6, 6.07) is 8.64. The van der Waals surface area contributed by atoms with Crippen LogP contribution in [0.25, 0.3) is 0 Å². The molecule has 1 aromatic rings. The number of aliphatic carboxylic acids is 1. The molecule has 0 radical (unpaired) electrons. The number of rotatable bonds is 6. The van der Waals surface area contributed by atoms with Crippen molar-refractivity contribution < 1.29 is 9.90 Å². The van der Waals surface area contributed by atoms with Gasteiger partial charge >= 0.3 is 5.97 Å². The van der Waals surface area contributed by atoms with E-state index in [0.29, 0.717) is 6.04 Å². The third-order valence-corrected chi connectivity index (χ3v) is 4.00. The lowest BCUT2D eigenvalue weighted by molar-refractivity contribution is -0.136. The van der Waals surface area contributed by atoms with Crippen molar-refractivity contribution in [1.29, 1.82) is 0 Å². The van der Waals surface area contributed by atoms with E-state index in [4.69, 9.17) is 5.11 Å². The van der Waals surface area contributed by atoms with Crippen LogP contribution < -0.4 is 5.32 Å². The van der Waals surface area contributed by atoms with Crippen molar-refractivity contribution in [3.8, 4) is 0 Å². The van der Waals surface area contributed by atoms with Crippen molar-refractivity contribution in [2.24, 2.45) is 0 Å². The van der Waals surface area contributed by atoms with Crippen molar-refractivity contribution in [2.75, 3.05) is 19.6 Å². The van der Waals surface area contributed by atoms with E-state index in [1.807, 2.05) is 12.1 Å². The minimum Gasteiger partial charge on any atom is -0.481 e. The highest BCUT2D eigenvalue weighted by Crippen LogP contribution is 2.16. The molecule has 1 heterocycles. The molecule has 0 bridgehead atoms. The highest BCUT2D eigenvalue weighted by Gasteiger charge is 2.19. The van der Waals surface area contributed by atoms with E-state index in [2.05, 4.69) is 29.3 Å². The second-order valence-electron chi connectivity index (χ2n) is 5.43. The third-order valence-electron chi connectivity index (χ3n) is 4.00. The van der Waals surface area contributed by atoms with Crippen LogP contribution in [-0.4, -0.2) is 41.7 Å². The predicted octanol–water partition coefficient (Wildman–Crippen LogP) is 1.89. The Hall–Kier alpha value is -1.39. The van der Waals surface area contributed by atoms with Crippen LogP contribution in [0.1, 0.15) is 30.9 Å². The van der Waals surface area contributed by atoms with Gasteiger partial charge in [-0.25, -0.2) is 0 Å². The molecule has 0 spiro atoms. The molecule has 1 saturated heterocycles. The molecule has 1 aromatic carbocycles. The fourth-order valence-corrected chi connectivity index (χ4v) is 2.84. The molecule has 0 amide bonds. The van der Waals surface area contributed by atoms with Crippen molar-refractivity contribution in [3.63, 3.8) is 0 Å². The van der Waals surface area contributed by atoms with Gasteiger partial charge in [-0.15, -0.1) is 0 Å². The van der Waals surface area contributed by atoms with Crippen LogP contribution in [0.15, 0.2) is 24.3 Å². The van der Waals surface area contributed by atoms with E-state index >= 15 is 0 Å². The summed E-state index contributed by atoms with van der Waals surface area (Å²) in [5, 5.41) is 12.2. The standard InChI is InChI=1S/C16H24N2O2/c1-2-18(15-7-9-17-10-8-15)12-14-5-3-13(4-6-14)11-16(19)20/h3-6,15,17H,2,7-12H2,1H3,(H,19,20). The predicted molar refractivity (Wildman–Crippen MR) is 79.8 cm³/mol. The summed E-state index contributed by atoms with van der Waals surface area (Å²) in [5.41, 5.74) is 2.13. The van der Waals surface area contributed by atoms with Crippen LogP contribution in [0.5, 0.6) is 0 Å². The SMILES string of the molecule is CCN(Cc1ccc(CC(=O)O)cc1)C1CCNCC1. The maximum atomic E-state index is 10.7. The lowest BCUT2D eigenvalue weighted by Gasteiger charge is -2.34. The molecule has 4 nitrogen and oxygen atoms in total. The van der Waals surface area contributed by atoms with Crippen LogP contribution >= 0.6 is 0 Å². The summed E-state index contributed by atoms with van der Waals surface area (Å²) in [7, 11) is 0. The normalized spacial score (nSPS) is 16.5. The number of nitrogens with zero attached hydrogens (tertiary/aromatic N) is 1. The van der Waals surface area contributed by atoms with Crippen LogP contribution in [0.3, 0.4) is 0 Å². The summed E-state index contributed by atoms with van der Waals surface area (Å²) >= 11 is 0. The van der Waals surface area contributed by atoms with E-state index < -0.39 is 5.97 Å². The molecule has 2 N–H and O–H groups in total. The molecular formula is C16H24N2O2. The highest BCUT2D eigenvalue weighted by atomic mass is 16.4. The highest BCUT2D eigenvalue weighted by molar-refractivity contribution is 5.70. The van der Waals surface area contributed by atoms with Gasteiger partial charge in [-0.1, -0.05) is 31.2 Å². The molecule has 110 valence electrons. The fourth-order valence-electron chi connectivity index (χ4n) is 2.84. The van der Waals surface area contributed by atoms with Crippen molar-refractivity contribution in [1.82, 2.24) is 10.2 Å². The zero-order valence-corrected chi connectivity index (χ0v) is 12.1. The number of hydrogen-bond donors (Lipinski definition) is 2. The topological polar surface area (TPSA) is 52.6 Å². The van der Waals surface area contributed by atoms with Crippen LogP contribution in [0.2, 0.25) is 0 Å². The Morgan fingerprint density at radius 2 is 1.85 bits per heavy atom. The number of nitrogens with one attached hydrogen (secondary N) is 1. The Balaban J connectivity index is 1.94. The monoisotopic (exact) mass is 276 g/mol. The number of hydrogen-bond acceptors (Lipinski definition) is 3. The van der Waals surface area contributed by atoms with Gasteiger partial charge in [0.1, 0.15) is 0 Å². The lowest BCUT2D eigenvalue weighted by atomic mass is 10.0. The van der Waals surface area contributed by atoms with Gasteiger partial charge < -0.3 is 10.4 Å². The summed E-state index contributed by atoms with van der Waals surface area (Å²) in [5.74, 6) is -0.775. The van der Waals surface area contributed by atoms with Gasteiger partial charge in [0.25, 0.3) is 0 Å². The van der Waals surface area contributed by atoms with Crippen LogP contribution in [0, 0.1) is 0 Å². The van der Waals surface area contributed by atoms with Crippen LogP contribution in [-0.2, 0) is 17.8 Å². The van der Waals surface area contributed by atoms with Gasteiger partial charge in [-0.3, -0.25) is 9.69 Å². The molecule has 0 atom stereocenters.